The Morgan fingerprint density at radius 1 is 1.29 bits per heavy atom. The molecular formula is C14H19F2NO4. The van der Waals surface area contributed by atoms with E-state index in [1.54, 1.807) is 19.1 Å². The van der Waals surface area contributed by atoms with E-state index >= 15 is 0 Å². The Labute approximate surface area is 122 Å². The molecule has 21 heavy (non-hydrogen) atoms. The first-order valence-corrected chi connectivity index (χ1v) is 6.32. The molecule has 0 amide bonds. The van der Waals surface area contributed by atoms with Crippen LogP contribution in [0.5, 0.6) is 11.5 Å². The molecule has 0 heterocycles. The third-order valence-electron chi connectivity index (χ3n) is 2.94. The molecule has 0 saturated carbocycles. The highest BCUT2D eigenvalue weighted by molar-refractivity contribution is 5.79. The van der Waals surface area contributed by atoms with Crippen molar-refractivity contribution in [3.63, 3.8) is 0 Å². The normalized spacial score (nSPS) is 12.7. The lowest BCUT2D eigenvalue weighted by Gasteiger charge is -2.25. The van der Waals surface area contributed by atoms with Crippen LogP contribution in [0, 0.1) is 6.92 Å². The maximum Gasteiger partial charge on any atom is 0.379 e. The van der Waals surface area contributed by atoms with Crippen molar-refractivity contribution < 1.29 is 27.8 Å². The van der Waals surface area contributed by atoms with Crippen LogP contribution in [0.25, 0.3) is 0 Å². The number of benzene rings is 1. The highest BCUT2D eigenvalue weighted by atomic mass is 19.3. The number of halogens is 2. The third-order valence-corrected chi connectivity index (χ3v) is 2.94. The zero-order valence-electron chi connectivity index (χ0n) is 12.4. The lowest BCUT2D eigenvalue weighted by atomic mass is 9.97. The average molecular weight is 303 g/mol. The maximum atomic E-state index is 14.1. The van der Waals surface area contributed by atoms with E-state index in [1.807, 2.05) is 0 Å². The molecule has 118 valence electrons. The van der Waals surface area contributed by atoms with E-state index in [-0.39, 0.29) is 23.7 Å². The van der Waals surface area contributed by atoms with Gasteiger partial charge in [0.25, 0.3) is 0 Å². The Morgan fingerprint density at radius 2 is 1.76 bits per heavy atom. The minimum atomic E-state index is -3.90. The van der Waals surface area contributed by atoms with E-state index in [0.29, 0.717) is 0 Å². The second-order valence-corrected chi connectivity index (χ2v) is 4.40. The predicted molar refractivity (Wildman–Crippen MR) is 72.8 cm³/mol. The number of nitrogens with two attached hydrogens (primary N) is 1. The van der Waals surface area contributed by atoms with Crippen molar-refractivity contribution in [3.8, 4) is 11.5 Å². The number of rotatable bonds is 6. The van der Waals surface area contributed by atoms with Gasteiger partial charge in [-0.1, -0.05) is 0 Å². The smallest absolute Gasteiger partial charge is 0.379 e. The molecule has 1 rings (SSSR count). The van der Waals surface area contributed by atoms with Gasteiger partial charge in [-0.05, 0) is 31.5 Å². The minimum Gasteiger partial charge on any atom is -0.496 e. The first-order valence-electron chi connectivity index (χ1n) is 6.32. The van der Waals surface area contributed by atoms with Crippen LogP contribution in [-0.2, 0) is 9.53 Å². The Balaban J connectivity index is 3.34. The van der Waals surface area contributed by atoms with Gasteiger partial charge in [-0.25, -0.2) is 4.79 Å². The van der Waals surface area contributed by atoms with Crippen molar-refractivity contribution in [3.05, 3.63) is 23.3 Å². The monoisotopic (exact) mass is 303 g/mol. The number of hydrogen-bond acceptors (Lipinski definition) is 5. The quantitative estimate of drug-likeness (QED) is 0.816. The third kappa shape index (κ3) is 3.41. The van der Waals surface area contributed by atoms with Gasteiger partial charge < -0.3 is 19.9 Å². The van der Waals surface area contributed by atoms with Gasteiger partial charge >= 0.3 is 11.9 Å². The van der Waals surface area contributed by atoms with Crippen LogP contribution in [0.4, 0.5) is 8.78 Å². The number of carbonyl (C=O) groups excluding carboxylic acids is 1. The predicted octanol–water partition coefficient (Wildman–Crippen LogP) is 2.21. The topological polar surface area (TPSA) is 70.8 Å². The lowest BCUT2D eigenvalue weighted by Crippen LogP contribution is -2.42. The van der Waals surface area contributed by atoms with Gasteiger partial charge in [0, 0.05) is 0 Å². The van der Waals surface area contributed by atoms with Gasteiger partial charge in [0.1, 0.15) is 17.5 Å². The summed E-state index contributed by atoms with van der Waals surface area (Å²) in [5.74, 6) is -5.32. The van der Waals surface area contributed by atoms with Gasteiger partial charge in [-0.15, -0.1) is 0 Å². The summed E-state index contributed by atoms with van der Waals surface area (Å²) in [7, 11) is 2.65. The van der Waals surface area contributed by atoms with Gasteiger partial charge in [-0.2, -0.15) is 8.78 Å². The van der Waals surface area contributed by atoms with Crippen LogP contribution in [0.1, 0.15) is 24.1 Å². The molecule has 2 N–H and O–H groups in total. The van der Waals surface area contributed by atoms with Gasteiger partial charge in [0.15, 0.2) is 0 Å². The second-order valence-electron chi connectivity index (χ2n) is 4.40. The fourth-order valence-corrected chi connectivity index (χ4v) is 1.91. The fourth-order valence-electron chi connectivity index (χ4n) is 1.91. The van der Waals surface area contributed by atoms with Crippen molar-refractivity contribution in [1.29, 1.82) is 0 Å². The van der Waals surface area contributed by atoms with Gasteiger partial charge in [-0.3, -0.25) is 0 Å². The molecule has 1 atom stereocenters. The molecule has 0 radical (unpaired) electrons. The summed E-state index contributed by atoms with van der Waals surface area (Å²) in [6.45, 7) is 3.03. The number of ether oxygens (including phenoxy) is 3. The number of alkyl halides is 2. The first kappa shape index (κ1) is 17.2. The first-order chi connectivity index (χ1) is 9.79. The van der Waals surface area contributed by atoms with Crippen LogP contribution in [-0.4, -0.2) is 32.7 Å². The van der Waals surface area contributed by atoms with Crippen molar-refractivity contribution in [1.82, 2.24) is 0 Å². The zero-order chi connectivity index (χ0) is 16.2. The summed E-state index contributed by atoms with van der Waals surface area (Å²) < 4.78 is 42.7. The number of aryl methyl sites for hydroxylation is 1. The molecule has 1 aromatic rings. The largest absolute Gasteiger partial charge is 0.496 e. The van der Waals surface area contributed by atoms with Crippen LogP contribution < -0.4 is 15.2 Å². The molecule has 0 fully saturated rings. The Bertz CT molecular complexity index is 495. The summed E-state index contributed by atoms with van der Waals surface area (Å²) in [4.78, 5) is 11.4. The van der Waals surface area contributed by atoms with Crippen molar-refractivity contribution >= 4 is 5.97 Å². The zero-order valence-corrected chi connectivity index (χ0v) is 12.4. The summed E-state index contributed by atoms with van der Waals surface area (Å²) in [6.07, 6.45) is 0. The number of carbonyl (C=O) groups is 1. The molecule has 0 aliphatic rings. The summed E-state index contributed by atoms with van der Waals surface area (Å²) >= 11 is 0. The van der Waals surface area contributed by atoms with E-state index in [9.17, 15) is 13.6 Å². The number of hydrogen-bond donors (Lipinski definition) is 1. The Kier molecular flexibility index (Phi) is 5.48. The van der Waals surface area contributed by atoms with Crippen LogP contribution in [0.15, 0.2) is 12.1 Å². The van der Waals surface area contributed by atoms with E-state index in [1.165, 1.54) is 21.1 Å². The summed E-state index contributed by atoms with van der Waals surface area (Å²) in [5.41, 5.74) is 6.27. The maximum absolute atomic E-state index is 14.1. The summed E-state index contributed by atoms with van der Waals surface area (Å²) in [5, 5.41) is 0. The summed E-state index contributed by atoms with van der Waals surface area (Å²) in [6, 6.07) is 1.14. The van der Waals surface area contributed by atoms with E-state index < -0.39 is 17.9 Å². The van der Waals surface area contributed by atoms with Crippen molar-refractivity contribution in [2.24, 2.45) is 5.73 Å². The number of methoxy groups -OCH3 is 2. The molecule has 7 heteroatoms. The fraction of sp³-hybridized carbons (Fsp3) is 0.500. The molecule has 0 aliphatic carbocycles. The van der Waals surface area contributed by atoms with Crippen molar-refractivity contribution in [2.75, 3.05) is 20.8 Å². The highest BCUT2D eigenvalue weighted by Gasteiger charge is 2.49. The Hall–Kier alpha value is -1.89. The van der Waals surface area contributed by atoms with Crippen molar-refractivity contribution in [2.45, 2.75) is 25.8 Å². The molecule has 0 aliphatic heterocycles. The average Bonchev–Trinajstić information content (AvgIpc) is 2.45. The van der Waals surface area contributed by atoms with Gasteiger partial charge in [0.05, 0.1) is 26.4 Å². The van der Waals surface area contributed by atoms with E-state index in [2.05, 4.69) is 4.74 Å². The van der Waals surface area contributed by atoms with Gasteiger partial charge in [0.2, 0.25) is 0 Å². The molecule has 5 nitrogen and oxygen atoms in total. The number of esters is 1. The minimum absolute atomic E-state index is 0.0800. The SMILES string of the molecule is CCOC(=O)C(F)(F)[C@@H](N)c1c(OC)cc(C)cc1OC. The molecule has 0 bridgehead atoms. The van der Waals surface area contributed by atoms with Crippen LogP contribution in [0.2, 0.25) is 0 Å². The second kappa shape index (κ2) is 6.71. The highest BCUT2D eigenvalue weighted by Crippen LogP contribution is 2.41. The molecular weight excluding hydrogens is 284 g/mol. The molecule has 0 aromatic heterocycles. The molecule has 0 unspecified atom stereocenters. The van der Waals surface area contributed by atoms with Crippen LogP contribution in [0.3, 0.4) is 0 Å². The molecule has 1 aromatic carbocycles. The lowest BCUT2D eigenvalue weighted by molar-refractivity contribution is -0.174. The van der Waals surface area contributed by atoms with E-state index in [0.717, 1.165) is 5.56 Å². The van der Waals surface area contributed by atoms with Crippen LogP contribution >= 0.6 is 0 Å². The molecule has 0 spiro atoms. The Morgan fingerprint density at radius 3 is 2.14 bits per heavy atom. The standard InChI is InChI=1S/C14H19F2NO4/c1-5-21-13(18)14(15,16)12(17)11-9(19-3)6-8(2)7-10(11)20-4/h6-7,12H,5,17H2,1-4H3/t12-/m0/s1. The van der Waals surface area contributed by atoms with E-state index in [4.69, 9.17) is 15.2 Å². The molecule has 0 saturated heterocycles.